The third-order valence-corrected chi connectivity index (χ3v) is 9.08. The molecule has 1 saturated heterocycles. The molecule has 3 atom stereocenters. The third kappa shape index (κ3) is 8.98. The fourth-order valence-electron chi connectivity index (χ4n) is 6.18. The van der Waals surface area contributed by atoms with Gasteiger partial charge in [-0.2, -0.15) is 0 Å². The second-order valence-electron chi connectivity index (χ2n) is 12.2. The van der Waals surface area contributed by atoms with E-state index in [1.54, 1.807) is 41.1 Å². The van der Waals surface area contributed by atoms with Gasteiger partial charge < -0.3 is 30.1 Å². The van der Waals surface area contributed by atoms with Gasteiger partial charge in [0.1, 0.15) is 24.4 Å². The van der Waals surface area contributed by atoms with Crippen LogP contribution in [0.1, 0.15) is 41.3 Å². The summed E-state index contributed by atoms with van der Waals surface area (Å²) < 4.78 is 6.31. The first-order valence-electron chi connectivity index (χ1n) is 16.5. The van der Waals surface area contributed by atoms with Crippen molar-refractivity contribution in [3.8, 4) is 5.75 Å². The van der Waals surface area contributed by atoms with Crippen molar-refractivity contribution >= 4 is 23.6 Å². The third-order valence-electron chi connectivity index (χ3n) is 9.08. The topological polar surface area (TPSA) is 111 Å². The number of fused-ring (bicyclic) bond motifs is 1. The van der Waals surface area contributed by atoms with Crippen LogP contribution in [0.4, 0.5) is 0 Å². The Labute approximate surface area is 277 Å². The first-order valence-corrected chi connectivity index (χ1v) is 16.5. The number of amides is 4. The Morgan fingerprint density at radius 1 is 0.809 bits per heavy atom. The summed E-state index contributed by atoms with van der Waals surface area (Å²) in [6.45, 7) is 5.71. The minimum Gasteiger partial charge on any atom is -0.491 e. The summed E-state index contributed by atoms with van der Waals surface area (Å²) in [5.41, 5.74) is 2.22. The molecule has 2 heterocycles. The molecule has 2 aliphatic heterocycles. The quantitative estimate of drug-likeness (QED) is 0.429. The van der Waals surface area contributed by atoms with Crippen molar-refractivity contribution in [2.75, 3.05) is 46.4 Å². The van der Waals surface area contributed by atoms with Crippen LogP contribution in [0.5, 0.6) is 5.75 Å². The van der Waals surface area contributed by atoms with E-state index in [1.807, 2.05) is 60.7 Å². The van der Waals surface area contributed by atoms with Crippen LogP contribution in [0.15, 0.2) is 84.9 Å². The van der Waals surface area contributed by atoms with Gasteiger partial charge in [0, 0.05) is 46.1 Å². The van der Waals surface area contributed by atoms with Crippen LogP contribution in [0.3, 0.4) is 0 Å². The van der Waals surface area contributed by atoms with Crippen LogP contribution >= 0.6 is 0 Å². The van der Waals surface area contributed by atoms with E-state index < -0.39 is 24.0 Å². The Morgan fingerprint density at radius 3 is 2.09 bits per heavy atom. The minimum absolute atomic E-state index is 0.0422. The van der Waals surface area contributed by atoms with E-state index in [4.69, 9.17) is 4.74 Å². The van der Waals surface area contributed by atoms with Crippen molar-refractivity contribution in [2.45, 2.75) is 50.7 Å². The van der Waals surface area contributed by atoms with E-state index in [1.165, 1.54) is 0 Å². The Kier molecular flexibility index (Phi) is 11.6. The number of carbonyl (C=O) groups is 4. The molecule has 47 heavy (non-hydrogen) atoms. The van der Waals surface area contributed by atoms with E-state index in [0.29, 0.717) is 31.7 Å². The summed E-state index contributed by atoms with van der Waals surface area (Å²) >= 11 is 0. The molecule has 2 aliphatic rings. The normalized spacial score (nSPS) is 21.8. The molecule has 5 rings (SSSR count). The molecule has 0 spiro atoms. The molecule has 0 aliphatic carbocycles. The van der Waals surface area contributed by atoms with Gasteiger partial charge in [0.15, 0.2) is 0 Å². The van der Waals surface area contributed by atoms with Crippen molar-refractivity contribution in [3.63, 3.8) is 0 Å². The average molecular weight is 640 g/mol. The van der Waals surface area contributed by atoms with Gasteiger partial charge in [-0.15, -0.1) is 0 Å². The number of ether oxygens (including phenoxy) is 1. The summed E-state index contributed by atoms with van der Waals surface area (Å²) in [5.74, 6) is -0.916. The fourth-order valence-corrected chi connectivity index (χ4v) is 6.18. The number of benzene rings is 3. The second kappa shape index (κ2) is 16.2. The van der Waals surface area contributed by atoms with Gasteiger partial charge in [0.05, 0.1) is 11.6 Å². The highest BCUT2D eigenvalue weighted by Crippen LogP contribution is 2.21. The van der Waals surface area contributed by atoms with Crippen LogP contribution in [0.2, 0.25) is 0 Å². The monoisotopic (exact) mass is 639 g/mol. The zero-order chi connectivity index (χ0) is 33.2. The Morgan fingerprint density at radius 2 is 1.43 bits per heavy atom. The molecule has 10 heteroatoms. The first-order chi connectivity index (χ1) is 22.8. The van der Waals surface area contributed by atoms with Crippen molar-refractivity contribution in [1.29, 1.82) is 0 Å². The molecule has 3 aromatic carbocycles. The van der Waals surface area contributed by atoms with E-state index in [9.17, 15) is 19.2 Å². The molecular weight excluding hydrogens is 594 g/mol. The SMILES string of the molecule is CCN1CCN(C(=O)[C@@H]2CCC(=O)N[C@@H](Cc3ccccc3)C(=O)N(C)[C@H](Cc3ccccc3)COc3ccccc3C(=O)N2)CC1. The molecule has 0 aromatic heterocycles. The van der Waals surface area contributed by atoms with E-state index >= 15 is 0 Å². The first kappa shape index (κ1) is 33.7. The summed E-state index contributed by atoms with van der Waals surface area (Å²) in [4.78, 5) is 60.9. The highest BCUT2D eigenvalue weighted by Gasteiger charge is 2.33. The predicted octanol–water partition coefficient (Wildman–Crippen LogP) is 2.92. The maximum Gasteiger partial charge on any atom is 0.255 e. The summed E-state index contributed by atoms with van der Waals surface area (Å²) in [6, 6.07) is 24.2. The Balaban J connectivity index is 1.46. The van der Waals surface area contributed by atoms with Crippen molar-refractivity contribution in [3.05, 3.63) is 102 Å². The van der Waals surface area contributed by atoms with Gasteiger partial charge in [-0.05, 0) is 42.6 Å². The molecule has 4 amide bonds. The Hall–Kier alpha value is -4.70. The van der Waals surface area contributed by atoms with E-state index in [-0.39, 0.29) is 42.7 Å². The summed E-state index contributed by atoms with van der Waals surface area (Å²) in [6.07, 6.45) is 0.856. The summed E-state index contributed by atoms with van der Waals surface area (Å²) in [5, 5.41) is 5.89. The highest BCUT2D eigenvalue weighted by atomic mass is 16.5. The molecule has 2 N–H and O–H groups in total. The van der Waals surface area contributed by atoms with Crippen LogP contribution < -0.4 is 15.4 Å². The van der Waals surface area contributed by atoms with Gasteiger partial charge in [0.2, 0.25) is 17.7 Å². The highest BCUT2D eigenvalue weighted by molar-refractivity contribution is 6.00. The maximum atomic E-state index is 14.2. The van der Waals surface area contributed by atoms with Crippen molar-refractivity contribution < 1.29 is 23.9 Å². The van der Waals surface area contributed by atoms with Gasteiger partial charge in [-0.3, -0.25) is 19.2 Å². The Bertz CT molecular complexity index is 1510. The standard InChI is InChI=1S/C37H45N5O5/c1-3-41-20-22-42(23-21-41)37(46)31-18-19-34(43)38-32(25-28-14-8-5-9-15-28)36(45)40(2)29(24-27-12-6-4-7-13-27)26-47-33-17-11-10-16-30(33)35(44)39-31/h4-17,29,31-32H,3,18-26H2,1-2H3,(H,38,43)(H,39,44)/t29-,31+,32+/m1/s1. The number of nitrogens with zero attached hydrogens (tertiary/aromatic N) is 3. The molecular formula is C37H45N5O5. The smallest absolute Gasteiger partial charge is 0.255 e. The zero-order valence-corrected chi connectivity index (χ0v) is 27.3. The minimum atomic E-state index is -0.920. The van der Waals surface area contributed by atoms with Gasteiger partial charge >= 0.3 is 0 Å². The molecule has 1 fully saturated rings. The maximum absolute atomic E-state index is 14.2. The molecule has 248 valence electrons. The van der Waals surface area contributed by atoms with Crippen molar-refractivity contribution in [1.82, 2.24) is 25.3 Å². The second-order valence-corrected chi connectivity index (χ2v) is 12.2. The van der Waals surface area contributed by atoms with Crippen LogP contribution in [0.25, 0.3) is 0 Å². The number of nitrogens with one attached hydrogen (secondary N) is 2. The number of likely N-dealkylation sites (N-methyl/N-ethyl adjacent to an activating group) is 2. The van der Waals surface area contributed by atoms with E-state index in [2.05, 4.69) is 22.5 Å². The van der Waals surface area contributed by atoms with Gasteiger partial charge in [0.25, 0.3) is 5.91 Å². The molecule has 0 saturated carbocycles. The van der Waals surface area contributed by atoms with Crippen molar-refractivity contribution in [2.24, 2.45) is 0 Å². The van der Waals surface area contributed by atoms with Crippen LogP contribution in [0, 0.1) is 0 Å². The number of rotatable bonds is 6. The lowest BCUT2D eigenvalue weighted by molar-refractivity contribution is -0.138. The fraction of sp³-hybridized carbons (Fsp3) is 0.405. The van der Waals surface area contributed by atoms with Crippen LogP contribution in [-0.2, 0) is 27.2 Å². The molecule has 10 nitrogen and oxygen atoms in total. The number of carbonyl (C=O) groups excluding carboxylic acids is 4. The van der Waals surface area contributed by atoms with E-state index in [0.717, 1.165) is 30.8 Å². The lowest BCUT2D eigenvalue weighted by atomic mass is 10.0. The van der Waals surface area contributed by atoms with Gasteiger partial charge in [-0.1, -0.05) is 79.7 Å². The number of piperazine rings is 1. The van der Waals surface area contributed by atoms with Gasteiger partial charge in [-0.25, -0.2) is 0 Å². The predicted molar refractivity (Wildman–Crippen MR) is 180 cm³/mol. The number of para-hydroxylation sites is 1. The largest absolute Gasteiger partial charge is 0.491 e. The molecule has 0 bridgehead atoms. The molecule has 0 radical (unpaired) electrons. The average Bonchev–Trinajstić information content (AvgIpc) is 3.11. The lowest BCUT2D eigenvalue weighted by Gasteiger charge is -2.36. The lowest BCUT2D eigenvalue weighted by Crippen LogP contribution is -2.55. The number of hydrogen-bond acceptors (Lipinski definition) is 6. The zero-order valence-electron chi connectivity index (χ0n) is 27.3. The van der Waals surface area contributed by atoms with Crippen LogP contribution in [-0.4, -0.2) is 103 Å². The molecule has 0 unspecified atom stereocenters. The number of hydrogen-bond donors (Lipinski definition) is 2. The summed E-state index contributed by atoms with van der Waals surface area (Å²) in [7, 11) is 1.73. The molecule has 3 aromatic rings.